The van der Waals surface area contributed by atoms with Crippen LogP contribution in [0.5, 0.6) is 0 Å². The van der Waals surface area contributed by atoms with E-state index in [0.717, 1.165) is 15.6 Å². The number of aromatic nitrogens is 1. The number of nitrogens with zero attached hydrogens (tertiary/aromatic N) is 2. The first-order valence-electron chi connectivity index (χ1n) is 9.24. The second kappa shape index (κ2) is 9.38. The molecule has 1 N–H and O–H groups in total. The van der Waals surface area contributed by atoms with Gasteiger partial charge in [-0.25, -0.2) is 22.5 Å². The molecule has 0 bridgehead atoms. The Hall–Kier alpha value is -3.08. The molecular formula is C21H21N3O5S2. The van der Waals surface area contributed by atoms with E-state index in [1.807, 2.05) is 35.7 Å². The smallest absolute Gasteiger partial charge is 0.338 e. The molecule has 10 heteroatoms. The molecule has 0 fully saturated rings. The van der Waals surface area contributed by atoms with Crippen LogP contribution in [-0.4, -0.2) is 49.8 Å². The Bertz CT molecular complexity index is 1190. The fourth-order valence-electron chi connectivity index (χ4n) is 2.56. The highest BCUT2D eigenvalue weighted by Gasteiger charge is 2.23. The first-order valence-corrected chi connectivity index (χ1v) is 11.6. The number of rotatable bonds is 7. The molecule has 0 aliphatic carbocycles. The van der Waals surface area contributed by atoms with Crippen LogP contribution in [0.3, 0.4) is 0 Å². The molecule has 0 spiro atoms. The maximum absolute atomic E-state index is 12.4. The van der Waals surface area contributed by atoms with E-state index in [-0.39, 0.29) is 10.5 Å². The summed E-state index contributed by atoms with van der Waals surface area (Å²) in [6, 6.07) is 15.0. The van der Waals surface area contributed by atoms with Crippen LogP contribution >= 0.6 is 11.3 Å². The minimum Gasteiger partial charge on any atom is -0.449 e. The van der Waals surface area contributed by atoms with Gasteiger partial charge < -0.3 is 4.74 Å². The third-order valence-corrected chi connectivity index (χ3v) is 6.87. The van der Waals surface area contributed by atoms with E-state index in [1.165, 1.54) is 56.6 Å². The van der Waals surface area contributed by atoms with Gasteiger partial charge in [-0.2, -0.15) is 0 Å². The SMILES string of the molecule is CC(OC(=O)c1cccc(S(=O)(=O)N(C)C)c1)C(=O)Nc1nc(-c2ccccc2)cs1. The van der Waals surface area contributed by atoms with Crippen molar-refractivity contribution in [3.8, 4) is 11.3 Å². The average Bonchev–Trinajstić information content (AvgIpc) is 3.22. The quantitative estimate of drug-likeness (QED) is 0.544. The Morgan fingerprint density at radius 1 is 1.10 bits per heavy atom. The molecule has 0 saturated heterocycles. The van der Waals surface area contributed by atoms with Crippen molar-refractivity contribution in [2.24, 2.45) is 0 Å². The van der Waals surface area contributed by atoms with Crippen LogP contribution in [-0.2, 0) is 19.6 Å². The number of benzene rings is 2. The molecule has 3 rings (SSSR count). The van der Waals surface area contributed by atoms with Crippen LogP contribution < -0.4 is 5.32 Å². The maximum atomic E-state index is 12.4. The number of carbonyl (C=O) groups is 2. The zero-order chi connectivity index (χ0) is 22.6. The fraction of sp³-hybridized carbons (Fsp3) is 0.190. The minimum absolute atomic E-state index is 0.0307. The van der Waals surface area contributed by atoms with Crippen LogP contribution in [0.25, 0.3) is 11.3 Å². The van der Waals surface area contributed by atoms with Gasteiger partial charge in [-0.1, -0.05) is 36.4 Å². The summed E-state index contributed by atoms with van der Waals surface area (Å²) in [5.74, 6) is -1.35. The summed E-state index contributed by atoms with van der Waals surface area (Å²) in [5.41, 5.74) is 1.68. The number of esters is 1. The van der Waals surface area contributed by atoms with Crippen LogP contribution in [0.1, 0.15) is 17.3 Å². The number of hydrogen-bond acceptors (Lipinski definition) is 7. The lowest BCUT2D eigenvalue weighted by atomic mass is 10.2. The molecule has 0 aliphatic heterocycles. The number of anilines is 1. The second-order valence-electron chi connectivity index (χ2n) is 6.76. The van der Waals surface area contributed by atoms with Crippen LogP contribution in [0, 0.1) is 0 Å². The third-order valence-electron chi connectivity index (χ3n) is 4.31. The van der Waals surface area contributed by atoms with E-state index >= 15 is 0 Å². The summed E-state index contributed by atoms with van der Waals surface area (Å²) in [7, 11) is -0.905. The number of sulfonamides is 1. The monoisotopic (exact) mass is 459 g/mol. The summed E-state index contributed by atoms with van der Waals surface area (Å²) in [6.45, 7) is 1.43. The van der Waals surface area contributed by atoms with Crippen molar-refractivity contribution in [2.75, 3.05) is 19.4 Å². The highest BCUT2D eigenvalue weighted by Crippen LogP contribution is 2.25. The summed E-state index contributed by atoms with van der Waals surface area (Å²) < 4.78 is 30.8. The lowest BCUT2D eigenvalue weighted by Crippen LogP contribution is -2.30. The van der Waals surface area contributed by atoms with Crippen molar-refractivity contribution in [3.05, 3.63) is 65.5 Å². The molecule has 1 aromatic heterocycles. The standard InChI is InChI=1S/C21H21N3O5S2/c1-14(19(25)23-21-22-18(13-30-21)15-8-5-4-6-9-15)29-20(26)16-10-7-11-17(12-16)31(27,28)24(2)3/h4-14H,1-3H3,(H,22,23,25). The Kier molecular flexibility index (Phi) is 6.84. The predicted molar refractivity (Wildman–Crippen MR) is 118 cm³/mol. The molecule has 1 amide bonds. The van der Waals surface area contributed by atoms with Gasteiger partial charge >= 0.3 is 5.97 Å². The minimum atomic E-state index is -3.70. The number of amides is 1. The lowest BCUT2D eigenvalue weighted by molar-refractivity contribution is -0.123. The first-order chi connectivity index (χ1) is 14.7. The largest absolute Gasteiger partial charge is 0.449 e. The van der Waals surface area contributed by atoms with Gasteiger partial charge in [0.05, 0.1) is 16.2 Å². The fourth-order valence-corrected chi connectivity index (χ4v) is 4.23. The van der Waals surface area contributed by atoms with E-state index in [1.54, 1.807) is 0 Å². The molecule has 3 aromatic rings. The number of nitrogens with one attached hydrogen (secondary N) is 1. The summed E-state index contributed by atoms with van der Waals surface area (Å²) in [4.78, 5) is 29.2. The molecule has 1 unspecified atom stereocenters. The number of thiazole rings is 1. The summed E-state index contributed by atoms with van der Waals surface area (Å²) >= 11 is 1.26. The highest BCUT2D eigenvalue weighted by molar-refractivity contribution is 7.89. The molecule has 1 heterocycles. The van der Waals surface area contributed by atoms with Crippen molar-refractivity contribution in [1.82, 2.24) is 9.29 Å². The molecule has 0 radical (unpaired) electrons. The van der Waals surface area contributed by atoms with Crippen molar-refractivity contribution in [2.45, 2.75) is 17.9 Å². The van der Waals surface area contributed by atoms with Crippen molar-refractivity contribution < 1.29 is 22.7 Å². The summed E-state index contributed by atoms with van der Waals surface area (Å²) in [5, 5.41) is 4.83. The Morgan fingerprint density at radius 2 is 1.81 bits per heavy atom. The zero-order valence-electron chi connectivity index (χ0n) is 17.1. The predicted octanol–water partition coefficient (Wildman–Crippen LogP) is 3.24. The Balaban J connectivity index is 1.65. The normalized spacial score (nSPS) is 12.4. The molecule has 31 heavy (non-hydrogen) atoms. The van der Waals surface area contributed by atoms with Gasteiger partial charge in [0.25, 0.3) is 5.91 Å². The van der Waals surface area contributed by atoms with E-state index in [9.17, 15) is 18.0 Å². The highest BCUT2D eigenvalue weighted by atomic mass is 32.2. The van der Waals surface area contributed by atoms with Crippen LogP contribution in [0.2, 0.25) is 0 Å². The van der Waals surface area contributed by atoms with Gasteiger partial charge in [0, 0.05) is 25.0 Å². The van der Waals surface area contributed by atoms with Crippen LogP contribution in [0.15, 0.2) is 64.9 Å². The van der Waals surface area contributed by atoms with E-state index in [0.29, 0.717) is 5.13 Å². The average molecular weight is 460 g/mol. The van der Waals surface area contributed by atoms with Gasteiger partial charge in [-0.15, -0.1) is 11.3 Å². The van der Waals surface area contributed by atoms with E-state index in [2.05, 4.69) is 10.3 Å². The third kappa shape index (κ3) is 5.35. The molecule has 8 nitrogen and oxygen atoms in total. The zero-order valence-corrected chi connectivity index (χ0v) is 18.7. The molecule has 1 atom stereocenters. The molecular weight excluding hydrogens is 438 g/mol. The first kappa shape index (κ1) is 22.6. The van der Waals surface area contributed by atoms with Crippen LogP contribution in [0.4, 0.5) is 5.13 Å². The number of hydrogen-bond donors (Lipinski definition) is 1. The lowest BCUT2D eigenvalue weighted by Gasteiger charge is -2.14. The topological polar surface area (TPSA) is 106 Å². The Labute approximate surface area is 184 Å². The van der Waals surface area contributed by atoms with Gasteiger partial charge in [0.1, 0.15) is 0 Å². The molecule has 0 aliphatic rings. The van der Waals surface area contributed by atoms with Crippen molar-refractivity contribution in [1.29, 1.82) is 0 Å². The van der Waals surface area contributed by atoms with Gasteiger partial charge in [0.15, 0.2) is 11.2 Å². The Morgan fingerprint density at radius 3 is 2.48 bits per heavy atom. The van der Waals surface area contributed by atoms with Gasteiger partial charge in [0.2, 0.25) is 10.0 Å². The molecule has 2 aromatic carbocycles. The van der Waals surface area contributed by atoms with E-state index < -0.39 is 28.0 Å². The molecule has 162 valence electrons. The van der Waals surface area contributed by atoms with Crippen molar-refractivity contribution in [3.63, 3.8) is 0 Å². The van der Waals surface area contributed by atoms with Gasteiger partial charge in [-0.3, -0.25) is 10.1 Å². The van der Waals surface area contributed by atoms with Crippen molar-refractivity contribution >= 4 is 38.4 Å². The van der Waals surface area contributed by atoms with Gasteiger partial charge in [-0.05, 0) is 25.1 Å². The maximum Gasteiger partial charge on any atom is 0.338 e. The number of ether oxygens (including phenoxy) is 1. The summed E-state index contributed by atoms with van der Waals surface area (Å²) in [6.07, 6.45) is -1.11. The molecule has 0 saturated carbocycles. The van der Waals surface area contributed by atoms with E-state index in [4.69, 9.17) is 4.74 Å². The number of carbonyl (C=O) groups excluding carboxylic acids is 2. The second-order valence-corrected chi connectivity index (χ2v) is 9.77.